The normalized spacial score (nSPS) is 9.47. The fraction of sp³-hybridized carbons (Fsp3) is 0.364. The molecule has 1 aromatic carbocycles. The Kier molecular flexibility index (Phi) is 4.29. The number of nitro benzene ring substituents is 1. The second-order valence-corrected chi connectivity index (χ2v) is 3.44. The SMILES string of the molecule is COc1ccc([N+](=O)[O-])c(N(C)CCC#N)c1. The molecule has 0 atom stereocenters. The number of nitriles is 1. The summed E-state index contributed by atoms with van der Waals surface area (Å²) in [5.41, 5.74) is 0.454. The van der Waals surface area contributed by atoms with Crippen LogP contribution in [0.3, 0.4) is 0 Å². The van der Waals surface area contributed by atoms with Crippen LogP contribution in [-0.2, 0) is 0 Å². The topological polar surface area (TPSA) is 79.4 Å². The average Bonchev–Trinajstić information content (AvgIpc) is 2.34. The van der Waals surface area contributed by atoms with E-state index in [0.29, 0.717) is 24.4 Å². The van der Waals surface area contributed by atoms with Gasteiger partial charge in [0.25, 0.3) is 5.69 Å². The summed E-state index contributed by atoms with van der Waals surface area (Å²) in [5, 5.41) is 19.4. The Labute approximate surface area is 99.2 Å². The lowest BCUT2D eigenvalue weighted by Crippen LogP contribution is -2.19. The largest absolute Gasteiger partial charge is 0.497 e. The Hall–Kier alpha value is -2.29. The third kappa shape index (κ3) is 3.08. The maximum atomic E-state index is 10.9. The minimum absolute atomic E-state index is 0.00578. The second-order valence-electron chi connectivity index (χ2n) is 3.44. The molecular formula is C11H13N3O3. The van der Waals surface area contributed by atoms with E-state index in [1.807, 2.05) is 6.07 Å². The molecule has 6 heteroatoms. The third-order valence-electron chi connectivity index (χ3n) is 2.35. The highest BCUT2D eigenvalue weighted by Gasteiger charge is 2.17. The quantitative estimate of drug-likeness (QED) is 0.575. The van der Waals surface area contributed by atoms with Gasteiger partial charge >= 0.3 is 0 Å². The number of rotatable bonds is 5. The molecule has 0 radical (unpaired) electrons. The van der Waals surface area contributed by atoms with Crippen LogP contribution in [0.25, 0.3) is 0 Å². The van der Waals surface area contributed by atoms with Crippen molar-refractivity contribution in [3.63, 3.8) is 0 Å². The first-order chi connectivity index (χ1) is 8.10. The summed E-state index contributed by atoms with van der Waals surface area (Å²) in [7, 11) is 3.21. The van der Waals surface area contributed by atoms with Crippen molar-refractivity contribution < 1.29 is 9.66 Å². The van der Waals surface area contributed by atoms with Crippen LogP contribution in [-0.4, -0.2) is 25.6 Å². The Balaban J connectivity index is 3.08. The number of methoxy groups -OCH3 is 1. The highest BCUT2D eigenvalue weighted by molar-refractivity contribution is 5.65. The summed E-state index contributed by atoms with van der Waals surface area (Å²) >= 11 is 0. The van der Waals surface area contributed by atoms with Gasteiger partial charge in [-0.25, -0.2) is 0 Å². The van der Waals surface area contributed by atoms with Crippen molar-refractivity contribution in [2.45, 2.75) is 6.42 Å². The lowest BCUT2D eigenvalue weighted by atomic mass is 10.2. The molecule has 0 aliphatic heterocycles. The monoisotopic (exact) mass is 235 g/mol. The number of nitro groups is 1. The van der Waals surface area contributed by atoms with Crippen LogP contribution in [0.5, 0.6) is 5.75 Å². The van der Waals surface area contributed by atoms with E-state index in [1.54, 1.807) is 24.1 Å². The van der Waals surface area contributed by atoms with Crippen molar-refractivity contribution in [1.29, 1.82) is 5.26 Å². The zero-order valence-electron chi connectivity index (χ0n) is 9.71. The first kappa shape index (κ1) is 12.8. The lowest BCUT2D eigenvalue weighted by molar-refractivity contribution is -0.384. The second kappa shape index (κ2) is 5.70. The Morgan fingerprint density at radius 2 is 2.29 bits per heavy atom. The van der Waals surface area contributed by atoms with Crippen LogP contribution in [0.4, 0.5) is 11.4 Å². The summed E-state index contributed by atoms with van der Waals surface area (Å²) in [5.74, 6) is 0.550. The summed E-state index contributed by atoms with van der Waals surface area (Å²) in [4.78, 5) is 12.1. The Morgan fingerprint density at radius 1 is 1.59 bits per heavy atom. The van der Waals surface area contributed by atoms with Crippen LogP contribution in [0.1, 0.15) is 6.42 Å². The van der Waals surface area contributed by atoms with Crippen LogP contribution >= 0.6 is 0 Å². The van der Waals surface area contributed by atoms with E-state index in [9.17, 15) is 10.1 Å². The first-order valence-corrected chi connectivity index (χ1v) is 5.00. The third-order valence-corrected chi connectivity index (χ3v) is 2.35. The number of anilines is 1. The van der Waals surface area contributed by atoms with Crippen LogP contribution in [0, 0.1) is 21.4 Å². The number of ether oxygens (including phenoxy) is 1. The Morgan fingerprint density at radius 3 is 2.82 bits per heavy atom. The molecule has 90 valence electrons. The lowest BCUT2D eigenvalue weighted by Gasteiger charge is -2.18. The molecule has 1 aromatic rings. The molecule has 0 heterocycles. The van der Waals surface area contributed by atoms with E-state index in [1.165, 1.54) is 13.2 Å². The first-order valence-electron chi connectivity index (χ1n) is 5.00. The number of benzene rings is 1. The fourth-order valence-corrected chi connectivity index (χ4v) is 1.43. The van der Waals surface area contributed by atoms with Crippen molar-refractivity contribution >= 4 is 11.4 Å². The minimum atomic E-state index is -0.447. The molecular weight excluding hydrogens is 222 g/mol. The van der Waals surface area contributed by atoms with Gasteiger partial charge in [0.15, 0.2) is 0 Å². The zero-order chi connectivity index (χ0) is 12.8. The molecule has 0 aliphatic rings. The van der Waals surface area contributed by atoms with Crippen molar-refractivity contribution in [2.75, 3.05) is 25.6 Å². The van der Waals surface area contributed by atoms with Gasteiger partial charge in [0.2, 0.25) is 0 Å². The molecule has 0 aromatic heterocycles. The van der Waals surface area contributed by atoms with Crippen LogP contribution in [0.15, 0.2) is 18.2 Å². The van der Waals surface area contributed by atoms with Gasteiger partial charge in [-0.15, -0.1) is 0 Å². The summed E-state index contributed by atoms with van der Waals surface area (Å²) in [6.45, 7) is 0.435. The predicted molar refractivity (Wildman–Crippen MR) is 63.1 cm³/mol. The van der Waals surface area contributed by atoms with Gasteiger partial charge in [-0.05, 0) is 6.07 Å². The highest BCUT2D eigenvalue weighted by Crippen LogP contribution is 2.31. The van der Waals surface area contributed by atoms with Gasteiger partial charge in [-0.3, -0.25) is 10.1 Å². The van der Waals surface area contributed by atoms with Gasteiger partial charge in [0.1, 0.15) is 11.4 Å². The summed E-state index contributed by atoms with van der Waals surface area (Å²) in [6.07, 6.45) is 0.310. The van der Waals surface area contributed by atoms with Crippen molar-refractivity contribution in [3.05, 3.63) is 28.3 Å². The molecule has 0 saturated carbocycles. The molecule has 0 saturated heterocycles. The highest BCUT2D eigenvalue weighted by atomic mass is 16.6. The number of hydrogen-bond acceptors (Lipinski definition) is 5. The maximum Gasteiger partial charge on any atom is 0.292 e. The molecule has 6 nitrogen and oxygen atoms in total. The standard InChI is InChI=1S/C11H13N3O3/c1-13(7-3-6-12)11-8-9(17-2)4-5-10(11)14(15)16/h4-5,8H,3,7H2,1-2H3. The van der Waals surface area contributed by atoms with Crippen molar-refractivity contribution in [1.82, 2.24) is 0 Å². The fourth-order valence-electron chi connectivity index (χ4n) is 1.43. The summed E-state index contributed by atoms with van der Waals surface area (Å²) < 4.78 is 5.03. The van der Waals surface area contributed by atoms with Crippen molar-refractivity contribution in [3.8, 4) is 11.8 Å². The number of nitrogens with zero attached hydrogens (tertiary/aromatic N) is 3. The van der Waals surface area contributed by atoms with Crippen LogP contribution < -0.4 is 9.64 Å². The zero-order valence-corrected chi connectivity index (χ0v) is 9.71. The average molecular weight is 235 g/mol. The molecule has 0 bridgehead atoms. The van der Waals surface area contributed by atoms with Crippen molar-refractivity contribution in [2.24, 2.45) is 0 Å². The molecule has 1 rings (SSSR count). The molecule has 0 unspecified atom stereocenters. The van der Waals surface area contributed by atoms with E-state index in [0.717, 1.165) is 0 Å². The molecule has 0 amide bonds. The minimum Gasteiger partial charge on any atom is -0.497 e. The molecule has 0 aliphatic carbocycles. The van der Waals surface area contributed by atoms with Gasteiger partial charge in [-0.1, -0.05) is 0 Å². The van der Waals surface area contributed by atoms with E-state index in [4.69, 9.17) is 10.00 Å². The maximum absolute atomic E-state index is 10.9. The van der Waals surface area contributed by atoms with Gasteiger partial charge in [-0.2, -0.15) is 5.26 Å². The number of hydrogen-bond donors (Lipinski definition) is 0. The molecule has 0 fully saturated rings. The van der Waals surface area contributed by atoms with Gasteiger partial charge < -0.3 is 9.64 Å². The van der Waals surface area contributed by atoms with Gasteiger partial charge in [0.05, 0.1) is 24.5 Å². The molecule has 0 spiro atoms. The van der Waals surface area contributed by atoms with E-state index < -0.39 is 4.92 Å². The Bertz CT molecular complexity index is 454. The smallest absolute Gasteiger partial charge is 0.292 e. The van der Waals surface area contributed by atoms with E-state index >= 15 is 0 Å². The molecule has 0 N–H and O–H groups in total. The van der Waals surface area contributed by atoms with Crippen LogP contribution in [0.2, 0.25) is 0 Å². The van der Waals surface area contributed by atoms with E-state index in [2.05, 4.69) is 0 Å². The predicted octanol–water partition coefficient (Wildman–Crippen LogP) is 1.95. The van der Waals surface area contributed by atoms with Gasteiger partial charge in [0, 0.05) is 25.7 Å². The van der Waals surface area contributed by atoms with E-state index in [-0.39, 0.29) is 5.69 Å². The summed E-state index contributed by atoms with van der Waals surface area (Å²) in [6, 6.07) is 6.54. The molecule has 17 heavy (non-hydrogen) atoms.